The Morgan fingerprint density at radius 1 is 1.03 bits per heavy atom. The van der Waals surface area contributed by atoms with E-state index in [0.29, 0.717) is 11.7 Å². The largest absolute Gasteiger partial charge is 0.467 e. The molecule has 1 fully saturated rings. The Morgan fingerprint density at radius 2 is 1.87 bits per heavy atom. The van der Waals surface area contributed by atoms with Gasteiger partial charge in [0.05, 0.1) is 18.6 Å². The van der Waals surface area contributed by atoms with Crippen molar-refractivity contribution in [2.75, 3.05) is 29.1 Å². The molecule has 31 heavy (non-hydrogen) atoms. The van der Waals surface area contributed by atoms with Crippen LogP contribution in [0.2, 0.25) is 0 Å². The molecule has 5 rings (SSSR count). The molecule has 0 atom stereocenters. The van der Waals surface area contributed by atoms with Crippen LogP contribution in [0, 0.1) is 0 Å². The van der Waals surface area contributed by atoms with Crippen molar-refractivity contribution in [2.24, 2.45) is 0 Å². The number of hydrogen-bond donors (Lipinski definition) is 1. The normalized spacial score (nSPS) is 13.7. The number of hydrogen-bond acceptors (Lipinski definition) is 6. The highest BCUT2D eigenvalue weighted by atomic mass is 32.2. The van der Waals surface area contributed by atoms with Gasteiger partial charge in [0, 0.05) is 18.8 Å². The zero-order valence-corrected chi connectivity index (χ0v) is 17.8. The summed E-state index contributed by atoms with van der Waals surface area (Å²) < 4.78 is 7.58. The Bertz CT molecular complexity index is 1180. The lowest BCUT2D eigenvalue weighted by atomic mass is 10.1. The first-order chi connectivity index (χ1) is 15.3. The number of fused-ring (bicyclic) bond motifs is 1. The van der Waals surface area contributed by atoms with Crippen LogP contribution in [-0.2, 0) is 11.3 Å². The maximum Gasteiger partial charge on any atom is 0.234 e. The van der Waals surface area contributed by atoms with Crippen LogP contribution >= 0.6 is 11.8 Å². The number of amides is 1. The van der Waals surface area contributed by atoms with Crippen LogP contribution in [0.4, 0.5) is 11.6 Å². The highest BCUT2D eigenvalue weighted by Crippen LogP contribution is 2.26. The summed E-state index contributed by atoms with van der Waals surface area (Å²) in [5, 5.41) is 14.7. The number of nitrogens with one attached hydrogen (secondary N) is 1. The van der Waals surface area contributed by atoms with E-state index in [9.17, 15) is 4.79 Å². The molecule has 3 heterocycles. The third kappa shape index (κ3) is 4.44. The minimum absolute atomic E-state index is 0.0736. The molecule has 0 saturated carbocycles. The summed E-state index contributed by atoms with van der Waals surface area (Å²) in [6.45, 7) is 2.49. The van der Waals surface area contributed by atoms with Gasteiger partial charge in [0.1, 0.15) is 5.76 Å². The highest BCUT2D eigenvalue weighted by Gasteiger charge is 2.22. The highest BCUT2D eigenvalue weighted by molar-refractivity contribution is 7.99. The van der Waals surface area contributed by atoms with Gasteiger partial charge in [-0.05, 0) is 47.9 Å². The Hall–Kier alpha value is -3.26. The van der Waals surface area contributed by atoms with Crippen LogP contribution < -0.4 is 10.2 Å². The first kappa shape index (κ1) is 19.7. The van der Waals surface area contributed by atoms with E-state index in [-0.39, 0.29) is 11.7 Å². The van der Waals surface area contributed by atoms with Crippen LogP contribution in [0.5, 0.6) is 0 Å². The first-order valence-corrected chi connectivity index (χ1v) is 11.4. The van der Waals surface area contributed by atoms with Crippen molar-refractivity contribution >= 4 is 40.1 Å². The summed E-state index contributed by atoms with van der Waals surface area (Å²) >= 11 is 1.39. The predicted molar refractivity (Wildman–Crippen MR) is 123 cm³/mol. The lowest BCUT2D eigenvalue weighted by Gasteiger charge is -2.17. The van der Waals surface area contributed by atoms with Gasteiger partial charge in [-0.3, -0.25) is 9.36 Å². The van der Waals surface area contributed by atoms with E-state index in [1.165, 1.54) is 11.8 Å². The van der Waals surface area contributed by atoms with Gasteiger partial charge in [-0.2, -0.15) is 0 Å². The van der Waals surface area contributed by atoms with Gasteiger partial charge in [-0.15, -0.1) is 10.2 Å². The van der Waals surface area contributed by atoms with E-state index in [1.807, 2.05) is 53.1 Å². The summed E-state index contributed by atoms with van der Waals surface area (Å²) in [5.74, 6) is 1.85. The molecule has 0 unspecified atom stereocenters. The Labute approximate surface area is 184 Å². The standard InChI is InChI=1S/C23H23N5O2S/c29-21(24-19-10-9-17-6-1-2-7-18(17)14-19)16-31-23-26-25-22(27-11-3-4-12-27)28(23)15-20-8-5-13-30-20/h1-2,5-10,13-14H,3-4,11-12,15-16H2,(H,24,29). The molecule has 2 aromatic carbocycles. The smallest absolute Gasteiger partial charge is 0.234 e. The van der Waals surface area contributed by atoms with Crippen LogP contribution in [0.25, 0.3) is 10.8 Å². The first-order valence-electron chi connectivity index (χ1n) is 10.4. The molecule has 7 nitrogen and oxygen atoms in total. The van der Waals surface area contributed by atoms with Gasteiger partial charge in [0.25, 0.3) is 0 Å². The molecular formula is C23H23N5O2S. The fraction of sp³-hybridized carbons (Fsp3) is 0.261. The van der Waals surface area contributed by atoms with Crippen molar-refractivity contribution in [2.45, 2.75) is 24.5 Å². The fourth-order valence-corrected chi connectivity index (χ4v) is 4.56. The molecule has 158 valence electrons. The topological polar surface area (TPSA) is 76.2 Å². The number of carbonyl (C=O) groups excluding carboxylic acids is 1. The maximum absolute atomic E-state index is 12.6. The average Bonchev–Trinajstić information content (AvgIpc) is 3.55. The minimum atomic E-state index is -0.0736. The molecule has 0 radical (unpaired) electrons. The maximum atomic E-state index is 12.6. The fourth-order valence-electron chi connectivity index (χ4n) is 3.83. The van der Waals surface area contributed by atoms with E-state index < -0.39 is 0 Å². The molecule has 0 spiro atoms. The van der Waals surface area contributed by atoms with Gasteiger partial charge < -0.3 is 14.6 Å². The van der Waals surface area contributed by atoms with Crippen LogP contribution in [0.3, 0.4) is 0 Å². The van der Waals surface area contributed by atoms with E-state index >= 15 is 0 Å². The number of nitrogens with zero attached hydrogens (tertiary/aromatic N) is 4. The molecule has 8 heteroatoms. The van der Waals surface area contributed by atoms with Gasteiger partial charge >= 0.3 is 0 Å². The number of thioether (sulfide) groups is 1. The van der Waals surface area contributed by atoms with Crippen LogP contribution in [0.15, 0.2) is 70.4 Å². The zero-order chi connectivity index (χ0) is 21.0. The molecule has 0 aliphatic carbocycles. The SMILES string of the molecule is O=C(CSc1nnc(N2CCCC2)n1Cc1ccco1)Nc1ccc2ccccc2c1. The van der Waals surface area contributed by atoms with E-state index in [0.717, 1.165) is 54.1 Å². The van der Waals surface area contributed by atoms with E-state index in [1.54, 1.807) is 6.26 Å². The van der Waals surface area contributed by atoms with Crippen LogP contribution in [0.1, 0.15) is 18.6 Å². The van der Waals surface area contributed by atoms with Crippen molar-refractivity contribution in [1.29, 1.82) is 0 Å². The van der Waals surface area contributed by atoms with E-state index in [2.05, 4.69) is 26.5 Å². The second kappa shape index (κ2) is 8.85. The van der Waals surface area contributed by atoms with E-state index in [4.69, 9.17) is 4.42 Å². The van der Waals surface area contributed by atoms with Crippen molar-refractivity contribution in [1.82, 2.24) is 14.8 Å². The molecular weight excluding hydrogens is 410 g/mol. The number of furan rings is 1. The molecule has 4 aromatic rings. The zero-order valence-electron chi connectivity index (χ0n) is 17.0. The van der Waals surface area contributed by atoms with Gasteiger partial charge in [-0.25, -0.2) is 0 Å². The molecule has 1 saturated heterocycles. The second-order valence-corrected chi connectivity index (χ2v) is 8.48. The molecule has 2 aromatic heterocycles. The number of anilines is 2. The third-order valence-electron chi connectivity index (χ3n) is 5.35. The molecule has 1 aliphatic rings. The lowest BCUT2D eigenvalue weighted by molar-refractivity contribution is -0.113. The van der Waals surface area contributed by atoms with Gasteiger partial charge in [0.15, 0.2) is 5.16 Å². The van der Waals surface area contributed by atoms with Gasteiger partial charge in [0.2, 0.25) is 11.9 Å². The quantitative estimate of drug-likeness (QED) is 0.435. The Kier molecular flexibility index (Phi) is 5.62. The lowest BCUT2D eigenvalue weighted by Crippen LogP contribution is -2.22. The average molecular weight is 434 g/mol. The summed E-state index contributed by atoms with van der Waals surface area (Å²) in [6.07, 6.45) is 3.98. The predicted octanol–water partition coefficient (Wildman–Crippen LogP) is 4.40. The van der Waals surface area contributed by atoms with Crippen molar-refractivity contribution in [3.05, 3.63) is 66.6 Å². The van der Waals surface area contributed by atoms with Crippen LogP contribution in [-0.4, -0.2) is 39.5 Å². The molecule has 0 bridgehead atoms. The van der Waals surface area contributed by atoms with Crippen molar-refractivity contribution in [3.8, 4) is 0 Å². The molecule has 1 N–H and O–H groups in total. The Balaban J connectivity index is 1.29. The summed E-state index contributed by atoms with van der Waals surface area (Å²) in [6, 6.07) is 17.8. The van der Waals surface area contributed by atoms with Gasteiger partial charge in [-0.1, -0.05) is 42.1 Å². The Morgan fingerprint density at radius 3 is 2.68 bits per heavy atom. The molecule has 1 aliphatic heterocycles. The summed E-state index contributed by atoms with van der Waals surface area (Å²) in [4.78, 5) is 14.8. The number of rotatable bonds is 7. The van der Waals surface area contributed by atoms with Crippen molar-refractivity contribution in [3.63, 3.8) is 0 Å². The second-order valence-electron chi connectivity index (χ2n) is 7.54. The molecule has 1 amide bonds. The monoisotopic (exact) mass is 433 g/mol. The summed E-state index contributed by atoms with van der Waals surface area (Å²) in [5.41, 5.74) is 0.791. The minimum Gasteiger partial charge on any atom is -0.467 e. The number of carbonyl (C=O) groups is 1. The number of benzene rings is 2. The van der Waals surface area contributed by atoms with Crippen molar-refractivity contribution < 1.29 is 9.21 Å². The third-order valence-corrected chi connectivity index (χ3v) is 6.31. The summed E-state index contributed by atoms with van der Waals surface area (Å²) in [7, 11) is 0. The number of aromatic nitrogens is 3.